The molecular weight excluding hydrogens is 372 g/mol. The van der Waals surface area contributed by atoms with Crippen molar-refractivity contribution in [3.05, 3.63) is 108 Å². The summed E-state index contributed by atoms with van der Waals surface area (Å²) < 4.78 is 0. The molecular formula is C26H26N2O2. The summed E-state index contributed by atoms with van der Waals surface area (Å²) in [4.78, 5) is 27.4. The van der Waals surface area contributed by atoms with E-state index in [9.17, 15) is 9.59 Å². The van der Waals surface area contributed by atoms with E-state index in [2.05, 4.69) is 17.4 Å². The Kier molecular flexibility index (Phi) is 6.23. The summed E-state index contributed by atoms with van der Waals surface area (Å²) in [7, 11) is 0. The second-order valence-electron chi connectivity index (χ2n) is 7.74. The van der Waals surface area contributed by atoms with Crippen molar-refractivity contribution in [2.24, 2.45) is 5.92 Å². The summed E-state index contributed by atoms with van der Waals surface area (Å²) in [6.07, 6.45) is 1.08. The van der Waals surface area contributed by atoms with E-state index in [0.717, 1.165) is 17.5 Å². The zero-order chi connectivity index (χ0) is 20.8. The lowest BCUT2D eigenvalue weighted by Crippen LogP contribution is -2.36. The number of amides is 2. The average molecular weight is 399 g/mol. The van der Waals surface area contributed by atoms with Gasteiger partial charge >= 0.3 is 0 Å². The molecule has 1 N–H and O–H groups in total. The van der Waals surface area contributed by atoms with Crippen molar-refractivity contribution in [1.82, 2.24) is 10.2 Å². The third-order valence-corrected chi connectivity index (χ3v) is 5.65. The van der Waals surface area contributed by atoms with Crippen molar-refractivity contribution in [3.8, 4) is 0 Å². The first kappa shape index (κ1) is 19.9. The smallest absolute Gasteiger partial charge is 0.226 e. The predicted molar refractivity (Wildman–Crippen MR) is 118 cm³/mol. The molecule has 1 saturated heterocycles. The van der Waals surface area contributed by atoms with Gasteiger partial charge in [-0.2, -0.15) is 0 Å². The second-order valence-corrected chi connectivity index (χ2v) is 7.74. The van der Waals surface area contributed by atoms with Crippen molar-refractivity contribution in [2.45, 2.75) is 18.9 Å². The minimum absolute atomic E-state index is 0.0575. The fraction of sp³-hybridized carbons (Fsp3) is 0.231. The topological polar surface area (TPSA) is 49.4 Å². The molecule has 1 atom stereocenters. The van der Waals surface area contributed by atoms with Crippen LogP contribution in [0.3, 0.4) is 0 Å². The van der Waals surface area contributed by atoms with Gasteiger partial charge in [0.1, 0.15) is 0 Å². The van der Waals surface area contributed by atoms with Crippen LogP contribution in [0.2, 0.25) is 0 Å². The van der Waals surface area contributed by atoms with E-state index in [-0.39, 0.29) is 30.2 Å². The van der Waals surface area contributed by atoms with Crippen LogP contribution in [-0.2, 0) is 16.0 Å². The molecule has 152 valence electrons. The zero-order valence-corrected chi connectivity index (χ0v) is 16.9. The average Bonchev–Trinajstić information content (AvgIpc) is 3.18. The van der Waals surface area contributed by atoms with Gasteiger partial charge in [0.2, 0.25) is 11.8 Å². The van der Waals surface area contributed by atoms with Gasteiger partial charge in [0.15, 0.2) is 0 Å². The van der Waals surface area contributed by atoms with Crippen LogP contribution in [0.25, 0.3) is 0 Å². The van der Waals surface area contributed by atoms with E-state index in [1.165, 1.54) is 5.56 Å². The Labute approximate surface area is 177 Å². The maximum absolute atomic E-state index is 13.1. The number of nitrogens with one attached hydrogen (secondary N) is 1. The number of likely N-dealkylation sites (tertiary alicyclic amines) is 1. The molecule has 4 rings (SSSR count). The molecule has 1 unspecified atom stereocenters. The molecule has 0 aliphatic carbocycles. The number of carbonyl (C=O) groups is 2. The fourth-order valence-electron chi connectivity index (χ4n) is 3.98. The van der Waals surface area contributed by atoms with E-state index >= 15 is 0 Å². The summed E-state index contributed by atoms with van der Waals surface area (Å²) in [6.45, 7) is 1.13. The van der Waals surface area contributed by atoms with Crippen LogP contribution in [-0.4, -0.2) is 29.8 Å². The molecule has 3 aromatic rings. The van der Waals surface area contributed by atoms with Crippen LogP contribution in [0.5, 0.6) is 0 Å². The number of carbonyl (C=O) groups excluding carboxylic acids is 2. The Balaban J connectivity index is 1.42. The molecule has 1 fully saturated rings. The first-order valence-electron chi connectivity index (χ1n) is 10.4. The van der Waals surface area contributed by atoms with Gasteiger partial charge in [-0.1, -0.05) is 91.0 Å². The van der Waals surface area contributed by atoms with Gasteiger partial charge in [0.05, 0.1) is 12.0 Å². The monoisotopic (exact) mass is 398 g/mol. The number of benzene rings is 3. The Morgan fingerprint density at radius 1 is 0.867 bits per heavy atom. The Morgan fingerprint density at radius 2 is 1.40 bits per heavy atom. The Morgan fingerprint density at radius 3 is 1.97 bits per heavy atom. The normalized spacial score (nSPS) is 16.1. The third-order valence-electron chi connectivity index (χ3n) is 5.65. The molecule has 0 spiro atoms. The highest BCUT2D eigenvalue weighted by molar-refractivity contribution is 5.89. The highest BCUT2D eigenvalue weighted by atomic mass is 16.2. The molecule has 0 saturated carbocycles. The first-order chi connectivity index (χ1) is 14.7. The minimum atomic E-state index is -0.316. The van der Waals surface area contributed by atoms with E-state index in [0.29, 0.717) is 13.1 Å². The van der Waals surface area contributed by atoms with Gasteiger partial charge < -0.3 is 10.2 Å². The van der Waals surface area contributed by atoms with Gasteiger partial charge in [-0.05, 0) is 23.1 Å². The second kappa shape index (κ2) is 9.40. The third kappa shape index (κ3) is 4.77. The number of rotatable bonds is 7. The maximum atomic E-state index is 13.1. The van der Waals surface area contributed by atoms with Crippen molar-refractivity contribution in [2.75, 3.05) is 13.1 Å². The quantitative estimate of drug-likeness (QED) is 0.654. The lowest BCUT2D eigenvalue weighted by Gasteiger charge is -2.22. The van der Waals surface area contributed by atoms with Crippen LogP contribution >= 0.6 is 0 Å². The van der Waals surface area contributed by atoms with E-state index < -0.39 is 0 Å². The van der Waals surface area contributed by atoms with Gasteiger partial charge in [-0.25, -0.2) is 0 Å². The van der Waals surface area contributed by atoms with Crippen molar-refractivity contribution < 1.29 is 9.59 Å². The summed E-state index contributed by atoms with van der Waals surface area (Å²) in [5.74, 6) is -0.325. The standard InChI is InChI=1S/C26H26N2O2/c29-24-18-23(19-28(24)17-16-20-10-4-1-5-11-20)26(30)27-25(21-12-6-2-7-13-21)22-14-8-3-9-15-22/h1-15,23,25H,16-19H2,(H,27,30). The Hall–Kier alpha value is -3.40. The van der Waals surface area contributed by atoms with Crippen LogP contribution in [0.1, 0.15) is 29.2 Å². The molecule has 2 amide bonds. The molecule has 3 aromatic carbocycles. The van der Waals surface area contributed by atoms with Crippen LogP contribution in [0.15, 0.2) is 91.0 Å². The molecule has 0 aromatic heterocycles. The van der Waals surface area contributed by atoms with Gasteiger partial charge in [0.25, 0.3) is 0 Å². The molecule has 4 nitrogen and oxygen atoms in total. The lowest BCUT2D eigenvalue weighted by molar-refractivity contribution is -0.129. The van der Waals surface area contributed by atoms with E-state index in [4.69, 9.17) is 0 Å². The Bertz CT molecular complexity index is 934. The van der Waals surface area contributed by atoms with Gasteiger partial charge in [0, 0.05) is 19.5 Å². The van der Waals surface area contributed by atoms with E-state index in [1.54, 1.807) is 0 Å². The molecule has 0 radical (unpaired) electrons. The molecule has 0 bridgehead atoms. The lowest BCUT2D eigenvalue weighted by atomic mass is 9.97. The number of nitrogens with zero attached hydrogens (tertiary/aromatic N) is 1. The number of hydrogen-bond donors (Lipinski definition) is 1. The van der Waals surface area contributed by atoms with Crippen LogP contribution in [0, 0.1) is 5.92 Å². The van der Waals surface area contributed by atoms with E-state index in [1.807, 2.05) is 83.8 Å². The van der Waals surface area contributed by atoms with Crippen molar-refractivity contribution >= 4 is 11.8 Å². The molecule has 1 heterocycles. The summed E-state index contributed by atoms with van der Waals surface area (Å²) >= 11 is 0. The fourth-order valence-corrected chi connectivity index (χ4v) is 3.98. The predicted octanol–water partition coefficient (Wildman–Crippen LogP) is 3.98. The SMILES string of the molecule is O=C(NC(c1ccccc1)c1ccccc1)C1CC(=O)N(CCc2ccccc2)C1. The minimum Gasteiger partial charge on any atom is -0.345 e. The molecule has 1 aliphatic heterocycles. The highest BCUT2D eigenvalue weighted by Crippen LogP contribution is 2.24. The summed E-state index contributed by atoms with van der Waals surface area (Å²) in [6, 6.07) is 29.8. The van der Waals surface area contributed by atoms with Crippen molar-refractivity contribution in [3.63, 3.8) is 0 Å². The highest BCUT2D eigenvalue weighted by Gasteiger charge is 2.35. The van der Waals surface area contributed by atoms with Crippen molar-refractivity contribution in [1.29, 1.82) is 0 Å². The molecule has 30 heavy (non-hydrogen) atoms. The maximum Gasteiger partial charge on any atom is 0.226 e. The largest absolute Gasteiger partial charge is 0.345 e. The molecule has 1 aliphatic rings. The van der Waals surface area contributed by atoms with Gasteiger partial charge in [-0.15, -0.1) is 0 Å². The summed E-state index contributed by atoms with van der Waals surface area (Å²) in [5, 5.41) is 3.19. The van der Waals surface area contributed by atoms with Crippen LogP contribution < -0.4 is 5.32 Å². The van der Waals surface area contributed by atoms with Crippen LogP contribution in [0.4, 0.5) is 0 Å². The summed E-state index contributed by atoms with van der Waals surface area (Å²) in [5.41, 5.74) is 3.26. The zero-order valence-electron chi connectivity index (χ0n) is 16.9. The molecule has 4 heteroatoms. The number of hydrogen-bond acceptors (Lipinski definition) is 2. The van der Waals surface area contributed by atoms with Gasteiger partial charge in [-0.3, -0.25) is 9.59 Å². The first-order valence-corrected chi connectivity index (χ1v) is 10.4.